The van der Waals surface area contributed by atoms with E-state index >= 15 is 0 Å². The summed E-state index contributed by atoms with van der Waals surface area (Å²) in [7, 11) is 0. The van der Waals surface area contributed by atoms with E-state index in [1.807, 2.05) is 20.8 Å². The van der Waals surface area contributed by atoms with Gasteiger partial charge in [0.2, 0.25) is 0 Å². The highest BCUT2D eigenvalue weighted by molar-refractivity contribution is 6.21. The number of hydrogen-bond donors (Lipinski definition) is 0. The Labute approximate surface area is 106 Å². The molecule has 0 aliphatic heterocycles. The molecule has 0 N–H and O–H groups in total. The van der Waals surface area contributed by atoms with Gasteiger partial charge in [-0.3, -0.25) is 0 Å². The van der Waals surface area contributed by atoms with Crippen molar-refractivity contribution in [1.29, 1.82) is 0 Å². The van der Waals surface area contributed by atoms with Crippen molar-refractivity contribution in [3.05, 3.63) is 23.7 Å². The van der Waals surface area contributed by atoms with Gasteiger partial charge in [0, 0.05) is 11.5 Å². The molecule has 4 nitrogen and oxygen atoms in total. The highest BCUT2D eigenvalue weighted by Crippen LogP contribution is 2.31. The number of nitrogens with zero attached hydrogens (tertiary/aromatic N) is 4. The Hall–Kier alpha value is -1.37. The second-order valence-electron chi connectivity index (χ2n) is 4.86. The normalized spacial score (nSPS) is 13.3. The van der Waals surface area contributed by atoms with Crippen molar-refractivity contribution < 1.29 is 13.2 Å². The summed E-state index contributed by atoms with van der Waals surface area (Å²) in [5.41, 5.74) is -1.37. The Morgan fingerprint density at radius 1 is 1.22 bits per heavy atom. The van der Waals surface area contributed by atoms with Gasteiger partial charge < -0.3 is 0 Å². The van der Waals surface area contributed by atoms with E-state index in [9.17, 15) is 13.2 Å². The molecule has 0 saturated heterocycles. The summed E-state index contributed by atoms with van der Waals surface area (Å²) in [6, 6.07) is 0.915. The molecule has 0 aromatic carbocycles. The second kappa shape index (κ2) is 3.81. The van der Waals surface area contributed by atoms with Gasteiger partial charge in [-0.25, -0.2) is 4.98 Å². The molecule has 2 rings (SSSR count). The van der Waals surface area contributed by atoms with Gasteiger partial charge in [-0.15, -0.1) is 5.10 Å². The van der Waals surface area contributed by atoms with E-state index in [-0.39, 0.29) is 5.65 Å². The quantitative estimate of drug-likeness (QED) is 0.595. The molecule has 0 radical (unpaired) electrons. The zero-order valence-corrected chi connectivity index (χ0v) is 10.6. The van der Waals surface area contributed by atoms with E-state index in [1.54, 1.807) is 0 Å². The molecule has 0 spiro atoms. The lowest BCUT2D eigenvalue weighted by Gasteiger charge is -2.11. The van der Waals surface area contributed by atoms with E-state index < -0.39 is 22.6 Å². The third-order valence-electron chi connectivity index (χ3n) is 2.25. The van der Waals surface area contributed by atoms with Crippen molar-refractivity contribution >= 4 is 17.2 Å². The van der Waals surface area contributed by atoms with E-state index in [2.05, 4.69) is 15.1 Å². The zero-order chi connectivity index (χ0) is 13.7. The van der Waals surface area contributed by atoms with Crippen LogP contribution in [0.1, 0.15) is 32.3 Å². The topological polar surface area (TPSA) is 43.1 Å². The van der Waals surface area contributed by atoms with Crippen LogP contribution in [0, 0.1) is 6.08 Å². The number of halogens is 4. The first-order valence-corrected chi connectivity index (χ1v) is 5.48. The molecule has 2 aromatic heterocycles. The van der Waals surface area contributed by atoms with Crippen molar-refractivity contribution in [2.45, 2.75) is 31.6 Å². The van der Waals surface area contributed by atoms with Gasteiger partial charge in [0.1, 0.15) is 5.69 Å². The Morgan fingerprint density at radius 3 is 2.33 bits per heavy atom. The average molecular weight is 279 g/mol. The fourth-order valence-electron chi connectivity index (χ4n) is 1.32. The summed E-state index contributed by atoms with van der Waals surface area (Å²) in [6.07, 6.45) is -1.18. The number of aromatic nitrogens is 4. The molecule has 0 unspecified atom stereocenters. The lowest BCUT2D eigenvalue weighted by molar-refractivity contribution is 0.0885. The van der Waals surface area contributed by atoms with Gasteiger partial charge in [-0.2, -0.15) is 22.7 Å². The lowest BCUT2D eigenvalue weighted by atomic mass is 9.96. The van der Waals surface area contributed by atoms with E-state index in [4.69, 9.17) is 11.6 Å². The SMILES string of the molecule is CC(C)(C)c1nc2cc(C(F)(F)Cl)nc(F)n2n1. The Kier molecular flexibility index (Phi) is 2.77. The summed E-state index contributed by atoms with van der Waals surface area (Å²) in [6.45, 7) is 5.47. The summed E-state index contributed by atoms with van der Waals surface area (Å²) < 4.78 is 40.1. The molecular formula is C10H10ClF3N4. The van der Waals surface area contributed by atoms with E-state index in [1.165, 1.54) is 0 Å². The van der Waals surface area contributed by atoms with Crippen LogP contribution < -0.4 is 0 Å². The van der Waals surface area contributed by atoms with Gasteiger partial charge in [0.05, 0.1) is 0 Å². The molecule has 2 aromatic rings. The van der Waals surface area contributed by atoms with Crippen LogP contribution in [0.2, 0.25) is 0 Å². The van der Waals surface area contributed by atoms with Crippen LogP contribution >= 0.6 is 11.6 Å². The maximum absolute atomic E-state index is 13.5. The molecule has 0 amide bonds. The molecule has 0 fully saturated rings. The third-order valence-corrected chi connectivity index (χ3v) is 2.44. The minimum absolute atomic E-state index is 0.0530. The van der Waals surface area contributed by atoms with Crippen molar-refractivity contribution in [1.82, 2.24) is 19.6 Å². The van der Waals surface area contributed by atoms with Gasteiger partial charge in [-0.05, 0) is 11.6 Å². The summed E-state index contributed by atoms with van der Waals surface area (Å²) in [5.74, 6) is 0.332. The zero-order valence-electron chi connectivity index (χ0n) is 9.88. The first kappa shape index (κ1) is 13.1. The standard InChI is InChI=1S/C10H10ClF3N4/c1-9(2,3)7-16-6-4-5(10(11,13)14)15-8(12)18(6)17-7/h4H,1-3H3. The molecule has 98 valence electrons. The fraction of sp³-hybridized carbons (Fsp3) is 0.500. The molecule has 0 aliphatic rings. The molecule has 0 bridgehead atoms. The van der Waals surface area contributed by atoms with Crippen LogP contribution in [0.15, 0.2) is 6.07 Å². The summed E-state index contributed by atoms with van der Waals surface area (Å²) >= 11 is 4.81. The minimum Gasteiger partial charge on any atom is -0.211 e. The van der Waals surface area contributed by atoms with Crippen LogP contribution in [-0.2, 0) is 10.8 Å². The van der Waals surface area contributed by atoms with Crippen molar-refractivity contribution in [2.75, 3.05) is 0 Å². The number of alkyl halides is 3. The van der Waals surface area contributed by atoms with Gasteiger partial charge in [-0.1, -0.05) is 20.8 Å². The number of hydrogen-bond acceptors (Lipinski definition) is 3. The first-order valence-electron chi connectivity index (χ1n) is 5.10. The highest BCUT2D eigenvalue weighted by atomic mass is 35.5. The monoisotopic (exact) mass is 278 g/mol. The van der Waals surface area contributed by atoms with E-state index in [0.717, 1.165) is 10.6 Å². The predicted molar refractivity (Wildman–Crippen MR) is 59.2 cm³/mol. The smallest absolute Gasteiger partial charge is 0.211 e. The molecule has 8 heteroatoms. The number of rotatable bonds is 1. The maximum Gasteiger partial charge on any atom is 0.365 e. The Bertz CT molecular complexity index is 597. The fourth-order valence-corrected chi connectivity index (χ4v) is 1.41. The van der Waals surface area contributed by atoms with Crippen molar-refractivity contribution in [2.24, 2.45) is 0 Å². The largest absolute Gasteiger partial charge is 0.365 e. The van der Waals surface area contributed by atoms with Gasteiger partial charge in [0.25, 0.3) is 0 Å². The minimum atomic E-state index is -3.74. The molecular weight excluding hydrogens is 269 g/mol. The Morgan fingerprint density at radius 2 is 1.83 bits per heavy atom. The first-order chi connectivity index (χ1) is 8.09. The number of fused-ring (bicyclic) bond motifs is 1. The van der Waals surface area contributed by atoms with Crippen LogP contribution in [0.5, 0.6) is 0 Å². The predicted octanol–water partition coefficient (Wildman–Crippen LogP) is 2.85. The second-order valence-corrected chi connectivity index (χ2v) is 5.34. The molecule has 0 saturated carbocycles. The van der Waals surface area contributed by atoms with Crippen LogP contribution in [-0.4, -0.2) is 19.6 Å². The molecule has 0 atom stereocenters. The lowest BCUT2D eigenvalue weighted by Crippen LogP contribution is -2.14. The van der Waals surface area contributed by atoms with Gasteiger partial charge in [0.15, 0.2) is 11.5 Å². The Balaban J connectivity index is 2.67. The highest BCUT2D eigenvalue weighted by Gasteiger charge is 2.32. The molecule has 18 heavy (non-hydrogen) atoms. The summed E-state index contributed by atoms with van der Waals surface area (Å²) in [5, 5.41) is 0.147. The van der Waals surface area contributed by atoms with E-state index in [0.29, 0.717) is 5.82 Å². The van der Waals surface area contributed by atoms with Crippen LogP contribution in [0.3, 0.4) is 0 Å². The van der Waals surface area contributed by atoms with Gasteiger partial charge >= 0.3 is 11.5 Å². The maximum atomic E-state index is 13.5. The summed E-state index contributed by atoms with van der Waals surface area (Å²) in [4.78, 5) is 7.08. The van der Waals surface area contributed by atoms with Crippen molar-refractivity contribution in [3.8, 4) is 0 Å². The molecule has 2 heterocycles. The average Bonchev–Trinajstić information content (AvgIpc) is 2.59. The molecule has 0 aliphatic carbocycles. The van der Waals surface area contributed by atoms with Crippen LogP contribution in [0.25, 0.3) is 5.65 Å². The third kappa shape index (κ3) is 2.27. The van der Waals surface area contributed by atoms with Crippen LogP contribution in [0.4, 0.5) is 13.2 Å². The van der Waals surface area contributed by atoms with Crippen molar-refractivity contribution in [3.63, 3.8) is 0 Å².